The van der Waals surface area contributed by atoms with Crippen molar-refractivity contribution in [3.8, 4) is 0 Å². The average molecular weight is 641 g/mol. The van der Waals surface area contributed by atoms with E-state index in [2.05, 4.69) is 54.6 Å². The van der Waals surface area contributed by atoms with Gasteiger partial charge in [-0.25, -0.2) is 0 Å². The van der Waals surface area contributed by atoms with Crippen molar-refractivity contribution < 1.29 is 38.3 Å². The van der Waals surface area contributed by atoms with Crippen LogP contribution in [0.3, 0.4) is 0 Å². The molecule has 8 atom stereocenters. The van der Waals surface area contributed by atoms with Crippen molar-refractivity contribution in [3.05, 3.63) is 60.2 Å². The van der Waals surface area contributed by atoms with Gasteiger partial charge in [-0.2, -0.15) is 0 Å². The van der Waals surface area contributed by atoms with E-state index in [0.717, 1.165) is 110 Å². The highest BCUT2D eigenvalue weighted by molar-refractivity contribution is 5.66. The second-order valence-electron chi connectivity index (χ2n) is 13.3. The van der Waals surface area contributed by atoms with Gasteiger partial charge in [0.1, 0.15) is 0 Å². The summed E-state index contributed by atoms with van der Waals surface area (Å²) in [6.07, 6.45) is 22.6. The number of aliphatic carboxylic acids is 1. The number of hydrogen-bond donors (Lipinski definition) is 1. The maximum Gasteiger partial charge on any atom is 0.303 e. The fourth-order valence-corrected chi connectivity index (χ4v) is 7.16. The molecule has 3 unspecified atom stereocenters. The summed E-state index contributed by atoms with van der Waals surface area (Å²) in [4.78, 5) is 11.0. The molecule has 256 valence electrons. The summed E-state index contributed by atoms with van der Waals surface area (Å²) in [6, 6.07) is 10.6. The van der Waals surface area contributed by atoms with Crippen molar-refractivity contribution in [2.24, 2.45) is 11.8 Å². The minimum Gasteiger partial charge on any atom is -0.481 e. The van der Waals surface area contributed by atoms with E-state index >= 15 is 0 Å². The van der Waals surface area contributed by atoms with E-state index < -0.39 is 5.97 Å². The minimum atomic E-state index is -0.747. The molecule has 3 heterocycles. The van der Waals surface area contributed by atoms with Gasteiger partial charge in [0.25, 0.3) is 0 Å². The van der Waals surface area contributed by atoms with Crippen LogP contribution in [0, 0.1) is 11.8 Å². The van der Waals surface area contributed by atoms with E-state index in [-0.39, 0.29) is 55.4 Å². The molecule has 4 aliphatic rings. The number of carbonyl (C=O) groups is 1. The number of carboxylic acids is 1. The minimum absolute atomic E-state index is 0.0135. The van der Waals surface area contributed by atoms with Gasteiger partial charge < -0.3 is 33.5 Å². The lowest BCUT2D eigenvalue weighted by atomic mass is 9.89. The molecule has 0 amide bonds. The zero-order valence-corrected chi connectivity index (χ0v) is 27.6. The van der Waals surface area contributed by atoms with Gasteiger partial charge in [-0.15, -0.1) is 0 Å². The van der Waals surface area contributed by atoms with E-state index in [1.807, 2.05) is 0 Å². The highest BCUT2D eigenvalue weighted by Crippen LogP contribution is 2.42. The van der Waals surface area contributed by atoms with E-state index in [1.54, 1.807) is 0 Å². The van der Waals surface area contributed by atoms with Crippen LogP contribution in [0.25, 0.3) is 0 Å². The number of ether oxygens (including phenoxy) is 6. The third-order valence-electron chi connectivity index (χ3n) is 9.70. The van der Waals surface area contributed by atoms with Crippen LogP contribution in [0.5, 0.6) is 0 Å². The summed E-state index contributed by atoms with van der Waals surface area (Å²) in [5.74, 6) is -0.451. The summed E-state index contributed by atoms with van der Waals surface area (Å²) < 4.78 is 38.1. The lowest BCUT2D eigenvalue weighted by Crippen LogP contribution is -2.31. The zero-order chi connectivity index (χ0) is 31.8. The number of unbranched alkanes of at least 4 members (excludes halogenated alkanes) is 1. The van der Waals surface area contributed by atoms with Crippen molar-refractivity contribution >= 4 is 5.97 Å². The van der Waals surface area contributed by atoms with Crippen LogP contribution < -0.4 is 0 Å². The number of carboxylic acid groups (broad SMARTS) is 1. The summed E-state index contributed by atoms with van der Waals surface area (Å²) >= 11 is 0. The molecule has 0 radical (unpaired) electrons. The Balaban J connectivity index is 1.34. The number of hydrogen-bond acceptors (Lipinski definition) is 7. The summed E-state index contributed by atoms with van der Waals surface area (Å²) in [6.45, 7) is 2.24. The maximum absolute atomic E-state index is 11.0. The first-order valence-electron chi connectivity index (χ1n) is 18.0. The number of allylic oxidation sites excluding steroid dienone is 2. The topological polar surface area (TPSA) is 92.7 Å². The first kappa shape index (κ1) is 35.2. The molecule has 1 N–H and O–H groups in total. The predicted molar refractivity (Wildman–Crippen MR) is 176 cm³/mol. The Kier molecular flexibility index (Phi) is 15.1. The van der Waals surface area contributed by atoms with Gasteiger partial charge in [0.05, 0.1) is 18.3 Å². The Labute approximate surface area is 275 Å². The van der Waals surface area contributed by atoms with Crippen molar-refractivity contribution in [2.45, 2.75) is 140 Å². The van der Waals surface area contributed by atoms with Crippen LogP contribution >= 0.6 is 0 Å². The number of aryl methyl sites for hydroxylation is 1. The van der Waals surface area contributed by atoms with Gasteiger partial charge in [-0.3, -0.25) is 4.79 Å². The lowest BCUT2D eigenvalue weighted by Gasteiger charge is -2.30. The van der Waals surface area contributed by atoms with Crippen LogP contribution in [0.1, 0.15) is 102 Å². The average Bonchev–Trinajstić information content (AvgIpc) is 3.40. The standard InChI is InChI=1S/C38H56O8/c39-35(40)17-7-2-1-6-16-31-32(24-23-30(44-36-18-8-11-25-41-36)22-21-29-14-4-3-5-15-29)34(46-38-20-10-13-27-43-38)28-33(31)45-37-19-9-12-26-42-37/h1,3-6,14-15,23-24,30-34,36-38H,2,7-13,16-22,25-28H2,(H,39,40)/b6-1-,24-23+/t30-,31+,32+,33-,34+,36?,37?,38?/m0/s1. The molecule has 1 aromatic rings. The fourth-order valence-electron chi connectivity index (χ4n) is 7.16. The monoisotopic (exact) mass is 640 g/mol. The Hall–Kier alpha value is -2.07. The van der Waals surface area contributed by atoms with E-state index in [0.29, 0.717) is 6.42 Å². The van der Waals surface area contributed by atoms with Gasteiger partial charge in [0, 0.05) is 38.6 Å². The van der Waals surface area contributed by atoms with E-state index in [1.165, 1.54) is 5.56 Å². The highest BCUT2D eigenvalue weighted by Gasteiger charge is 2.45. The van der Waals surface area contributed by atoms with Gasteiger partial charge in [-0.1, -0.05) is 54.6 Å². The molecule has 3 saturated heterocycles. The van der Waals surface area contributed by atoms with E-state index in [4.69, 9.17) is 33.5 Å². The lowest BCUT2D eigenvalue weighted by molar-refractivity contribution is -0.203. The highest BCUT2D eigenvalue weighted by atomic mass is 16.7. The molecule has 46 heavy (non-hydrogen) atoms. The Morgan fingerprint density at radius 1 is 0.848 bits per heavy atom. The van der Waals surface area contributed by atoms with Crippen LogP contribution in [-0.2, 0) is 39.6 Å². The molecule has 4 fully saturated rings. The molecular weight excluding hydrogens is 584 g/mol. The van der Waals surface area contributed by atoms with Crippen molar-refractivity contribution in [3.63, 3.8) is 0 Å². The largest absolute Gasteiger partial charge is 0.481 e. The molecule has 0 aromatic heterocycles. The predicted octanol–water partition coefficient (Wildman–Crippen LogP) is 7.75. The van der Waals surface area contributed by atoms with Crippen molar-refractivity contribution in [1.29, 1.82) is 0 Å². The van der Waals surface area contributed by atoms with Crippen LogP contribution in [-0.4, -0.2) is 68.1 Å². The van der Waals surface area contributed by atoms with Crippen molar-refractivity contribution in [2.75, 3.05) is 19.8 Å². The van der Waals surface area contributed by atoms with Gasteiger partial charge in [-0.05, 0) is 101 Å². The van der Waals surface area contributed by atoms with Gasteiger partial charge >= 0.3 is 5.97 Å². The van der Waals surface area contributed by atoms with Gasteiger partial charge in [0.15, 0.2) is 18.9 Å². The van der Waals surface area contributed by atoms with E-state index in [9.17, 15) is 4.79 Å². The second-order valence-corrected chi connectivity index (χ2v) is 13.3. The van der Waals surface area contributed by atoms with Gasteiger partial charge in [0.2, 0.25) is 0 Å². The van der Waals surface area contributed by atoms with Crippen molar-refractivity contribution in [1.82, 2.24) is 0 Å². The summed E-state index contributed by atoms with van der Waals surface area (Å²) in [5, 5.41) is 9.04. The quantitative estimate of drug-likeness (QED) is 0.137. The molecule has 3 aliphatic heterocycles. The zero-order valence-electron chi connectivity index (χ0n) is 27.6. The Bertz CT molecular complexity index is 1040. The summed E-state index contributed by atoms with van der Waals surface area (Å²) in [5.41, 5.74) is 1.30. The number of rotatable bonds is 17. The summed E-state index contributed by atoms with van der Waals surface area (Å²) in [7, 11) is 0. The maximum atomic E-state index is 11.0. The molecule has 0 bridgehead atoms. The fraction of sp³-hybridized carbons (Fsp3) is 0.711. The molecule has 0 spiro atoms. The Morgan fingerprint density at radius 3 is 2.13 bits per heavy atom. The third-order valence-corrected chi connectivity index (χ3v) is 9.70. The van der Waals surface area contributed by atoms with Crippen LogP contribution in [0.15, 0.2) is 54.6 Å². The van der Waals surface area contributed by atoms with Crippen LogP contribution in [0.4, 0.5) is 0 Å². The normalized spacial score (nSPS) is 31.4. The molecule has 1 aromatic carbocycles. The molecule has 5 rings (SSSR count). The third kappa shape index (κ3) is 11.9. The smallest absolute Gasteiger partial charge is 0.303 e. The Morgan fingerprint density at radius 2 is 1.50 bits per heavy atom. The molecule has 1 aliphatic carbocycles. The molecule has 8 nitrogen and oxygen atoms in total. The number of benzene rings is 1. The second kappa shape index (κ2) is 19.7. The molecule has 8 heteroatoms. The molecule has 1 saturated carbocycles. The molecular formula is C38H56O8. The van der Waals surface area contributed by atoms with Crippen LogP contribution in [0.2, 0.25) is 0 Å². The first-order chi connectivity index (χ1) is 22.6. The first-order valence-corrected chi connectivity index (χ1v) is 18.0. The SMILES string of the molecule is O=C(O)CCC/C=C\C[C@@H]1[C@@H](/C=C/[C@H](CCc2ccccc2)OC2CCCCO2)[C@H](OC2CCCCO2)C[C@@H]1OC1CCCCO1.